The van der Waals surface area contributed by atoms with Crippen molar-refractivity contribution in [3.63, 3.8) is 0 Å². The van der Waals surface area contributed by atoms with E-state index in [4.69, 9.17) is 10.3 Å². The summed E-state index contributed by atoms with van der Waals surface area (Å²) in [6.07, 6.45) is 1.26. The summed E-state index contributed by atoms with van der Waals surface area (Å²) in [5, 5.41) is 4.81. The zero-order chi connectivity index (χ0) is 20.6. The summed E-state index contributed by atoms with van der Waals surface area (Å²) in [5.74, 6) is -0.500. The number of cyclic esters (lactones) is 1. The number of fused-ring (bicyclic) bond motifs is 1. The normalized spacial score (nSPS) is 18.3. The molecule has 1 aliphatic rings. The molecule has 1 saturated heterocycles. The molecule has 0 bridgehead atoms. The Bertz CT molecular complexity index is 971. The minimum atomic E-state index is -1.09. The summed E-state index contributed by atoms with van der Waals surface area (Å²) >= 11 is 0. The fourth-order valence-electron chi connectivity index (χ4n) is 3.87. The van der Waals surface area contributed by atoms with Crippen LogP contribution in [-0.4, -0.2) is 40.2 Å². The molecule has 1 aromatic heterocycles. The molecule has 28 heavy (non-hydrogen) atoms. The Labute approximate surface area is 163 Å². The average molecular weight is 383 g/mol. The van der Waals surface area contributed by atoms with Crippen LogP contribution in [-0.2, 0) is 22.0 Å². The van der Waals surface area contributed by atoms with Crippen LogP contribution in [0.25, 0.3) is 21.3 Å². The Morgan fingerprint density at radius 2 is 2.04 bits per heavy atom. The highest BCUT2D eigenvalue weighted by molar-refractivity contribution is 5.98. The molecule has 3 rings (SSSR count). The van der Waals surface area contributed by atoms with Crippen LogP contribution in [0.1, 0.15) is 33.3 Å². The number of hydrogen-bond acceptors (Lipinski definition) is 4. The molecule has 0 N–H and O–H groups in total. The fraction of sp³-hybridized carbons (Fsp3) is 0.500. The maximum Gasteiger partial charge on any atom is 0.416 e. The monoisotopic (exact) mass is 383 g/mol. The first kappa shape index (κ1) is 19.8. The van der Waals surface area contributed by atoms with Crippen LogP contribution in [0.4, 0.5) is 4.79 Å². The van der Waals surface area contributed by atoms with Gasteiger partial charge in [0, 0.05) is 34.5 Å². The number of aromatic nitrogens is 1. The van der Waals surface area contributed by atoms with E-state index < -0.39 is 23.5 Å². The topological polar surface area (TPSA) is 100 Å². The Hall–Kier alpha value is -2.99. The molecule has 1 aliphatic heterocycles. The van der Waals surface area contributed by atoms with Gasteiger partial charge in [0.25, 0.3) is 0 Å². The Kier molecular flexibility index (Phi) is 5.08. The molecule has 0 unspecified atom stereocenters. The van der Waals surface area contributed by atoms with Gasteiger partial charge in [-0.2, -0.15) is 0 Å². The van der Waals surface area contributed by atoms with Gasteiger partial charge in [0.15, 0.2) is 0 Å². The molecule has 0 saturated carbocycles. The van der Waals surface area contributed by atoms with Crippen molar-refractivity contribution in [3.05, 3.63) is 46.5 Å². The minimum Gasteiger partial charge on any atom is -0.447 e. The second-order valence-corrected chi connectivity index (χ2v) is 8.10. The van der Waals surface area contributed by atoms with Crippen LogP contribution >= 0.6 is 0 Å². The molecule has 0 spiro atoms. The smallest absolute Gasteiger partial charge is 0.416 e. The van der Waals surface area contributed by atoms with Gasteiger partial charge < -0.3 is 9.30 Å². The third kappa shape index (κ3) is 3.10. The molecule has 8 nitrogen and oxygen atoms in total. The lowest BCUT2D eigenvalue weighted by Gasteiger charge is -2.34. The van der Waals surface area contributed by atoms with Crippen molar-refractivity contribution in [1.29, 1.82) is 0 Å². The van der Waals surface area contributed by atoms with E-state index >= 15 is 0 Å². The summed E-state index contributed by atoms with van der Waals surface area (Å²) < 4.78 is 7.09. The number of benzene rings is 1. The van der Waals surface area contributed by atoms with E-state index in [0.29, 0.717) is 0 Å². The number of ether oxygens (including phenoxy) is 1. The number of hydrogen-bond donors (Lipinski definition) is 0. The number of para-hydroxylation sites is 1. The van der Waals surface area contributed by atoms with Crippen LogP contribution in [0.2, 0.25) is 0 Å². The number of carbonyl (C=O) groups excluding carboxylic acids is 2. The molecule has 148 valence electrons. The third-order valence-electron chi connectivity index (χ3n) is 5.59. The van der Waals surface area contributed by atoms with Crippen molar-refractivity contribution in [2.75, 3.05) is 6.61 Å². The number of nitrogens with zero attached hydrogens (tertiary/aromatic N) is 5. The highest BCUT2D eigenvalue weighted by Crippen LogP contribution is 2.37. The number of rotatable bonds is 5. The quantitative estimate of drug-likeness (QED) is 0.440. The maximum atomic E-state index is 13.4. The first-order valence-corrected chi connectivity index (χ1v) is 9.28. The van der Waals surface area contributed by atoms with Gasteiger partial charge in [0.05, 0.1) is 6.04 Å². The second-order valence-electron chi connectivity index (χ2n) is 8.10. The SMILES string of the molecule is CC(C)[C@H]1COC(=O)N1C(=O)[C@@H](N=[N+]=[N-])C(C)(C)c1cn(C)c2ccccc12. The van der Waals surface area contributed by atoms with Gasteiger partial charge in [-0.1, -0.05) is 51.0 Å². The molecule has 0 radical (unpaired) electrons. The number of azide groups is 1. The number of imide groups is 1. The summed E-state index contributed by atoms with van der Waals surface area (Å²) in [6.45, 7) is 7.71. The predicted molar refractivity (Wildman–Crippen MR) is 106 cm³/mol. The molecule has 1 fully saturated rings. The van der Waals surface area contributed by atoms with Crippen LogP contribution in [0.3, 0.4) is 0 Å². The van der Waals surface area contributed by atoms with E-state index in [9.17, 15) is 9.59 Å². The van der Waals surface area contributed by atoms with E-state index in [1.54, 1.807) is 0 Å². The maximum absolute atomic E-state index is 13.4. The number of carbonyl (C=O) groups is 2. The number of amides is 2. The number of aryl methyl sites for hydroxylation is 1. The van der Waals surface area contributed by atoms with E-state index in [1.165, 1.54) is 0 Å². The Morgan fingerprint density at radius 3 is 2.68 bits per heavy atom. The molecule has 2 atom stereocenters. The van der Waals surface area contributed by atoms with Gasteiger partial charge >= 0.3 is 6.09 Å². The second kappa shape index (κ2) is 7.20. The van der Waals surface area contributed by atoms with Crippen LogP contribution in [0, 0.1) is 5.92 Å². The predicted octanol–water partition coefficient (Wildman–Crippen LogP) is 4.14. The van der Waals surface area contributed by atoms with E-state index in [-0.39, 0.29) is 18.6 Å². The van der Waals surface area contributed by atoms with E-state index in [0.717, 1.165) is 21.4 Å². The van der Waals surface area contributed by atoms with Crippen molar-refractivity contribution in [2.45, 2.75) is 45.2 Å². The standard InChI is InChI=1S/C20H25N5O3/c1-12(2)16-11-28-19(27)25(16)18(26)17(22-23-21)20(3,4)14-10-24(5)15-9-7-6-8-13(14)15/h6-10,12,16-17H,11H2,1-5H3/t16-,17-/m1/s1. The highest BCUT2D eigenvalue weighted by Gasteiger charge is 2.47. The van der Waals surface area contributed by atoms with Crippen LogP contribution in [0.15, 0.2) is 35.6 Å². The molecule has 2 aromatic rings. The lowest BCUT2D eigenvalue weighted by atomic mass is 9.77. The molecule has 0 aliphatic carbocycles. The van der Waals surface area contributed by atoms with E-state index in [2.05, 4.69) is 10.0 Å². The largest absolute Gasteiger partial charge is 0.447 e. The molecule has 1 aromatic carbocycles. The molecular weight excluding hydrogens is 358 g/mol. The van der Waals surface area contributed by atoms with Gasteiger partial charge in [-0.15, -0.1) is 0 Å². The summed E-state index contributed by atoms with van der Waals surface area (Å²) in [5.41, 5.74) is 10.2. The van der Waals surface area contributed by atoms with Gasteiger partial charge in [-0.25, -0.2) is 9.69 Å². The van der Waals surface area contributed by atoms with Gasteiger partial charge in [0.2, 0.25) is 5.91 Å². The lowest BCUT2D eigenvalue weighted by Crippen LogP contribution is -2.51. The van der Waals surface area contributed by atoms with Gasteiger partial charge in [-0.3, -0.25) is 4.79 Å². The Balaban J connectivity index is 2.09. The Morgan fingerprint density at radius 1 is 1.36 bits per heavy atom. The molecule has 2 amide bonds. The van der Waals surface area contributed by atoms with Crippen molar-refractivity contribution >= 4 is 22.9 Å². The zero-order valence-corrected chi connectivity index (χ0v) is 16.8. The van der Waals surface area contributed by atoms with Crippen LogP contribution in [0.5, 0.6) is 0 Å². The van der Waals surface area contributed by atoms with Crippen LogP contribution < -0.4 is 0 Å². The van der Waals surface area contributed by atoms with E-state index in [1.807, 2.05) is 69.8 Å². The highest BCUT2D eigenvalue weighted by atomic mass is 16.6. The summed E-state index contributed by atoms with van der Waals surface area (Å²) in [6, 6.07) is 6.38. The fourth-order valence-corrected chi connectivity index (χ4v) is 3.87. The summed E-state index contributed by atoms with van der Waals surface area (Å²) in [7, 11) is 1.93. The van der Waals surface area contributed by atoms with Crippen molar-refractivity contribution < 1.29 is 14.3 Å². The average Bonchev–Trinajstić information content (AvgIpc) is 3.20. The van der Waals surface area contributed by atoms with Gasteiger partial charge in [-0.05, 0) is 23.1 Å². The lowest BCUT2D eigenvalue weighted by molar-refractivity contribution is -0.132. The third-order valence-corrected chi connectivity index (χ3v) is 5.59. The van der Waals surface area contributed by atoms with Crippen molar-refractivity contribution in [2.24, 2.45) is 18.1 Å². The zero-order valence-electron chi connectivity index (χ0n) is 16.8. The van der Waals surface area contributed by atoms with Crippen molar-refractivity contribution in [3.8, 4) is 0 Å². The minimum absolute atomic E-state index is 0.0304. The molecule has 2 heterocycles. The first-order chi connectivity index (χ1) is 13.2. The summed E-state index contributed by atoms with van der Waals surface area (Å²) in [4.78, 5) is 29.7. The van der Waals surface area contributed by atoms with Gasteiger partial charge in [0.1, 0.15) is 12.6 Å². The first-order valence-electron chi connectivity index (χ1n) is 9.28. The molecule has 8 heteroatoms. The van der Waals surface area contributed by atoms with Crippen molar-refractivity contribution in [1.82, 2.24) is 9.47 Å². The molecular formula is C20H25N5O3.